The highest BCUT2D eigenvalue weighted by atomic mass is 19.4. The van der Waals surface area contributed by atoms with Crippen LogP contribution >= 0.6 is 0 Å². The van der Waals surface area contributed by atoms with Crippen molar-refractivity contribution in [3.8, 4) is 0 Å². The van der Waals surface area contributed by atoms with E-state index in [0.29, 0.717) is 6.54 Å². The summed E-state index contributed by atoms with van der Waals surface area (Å²) in [5.74, 6) is 0.279. The molecule has 0 radical (unpaired) electrons. The first-order valence-electron chi connectivity index (χ1n) is 6.36. The molecule has 0 spiro atoms. The molecule has 1 rings (SSSR count). The lowest BCUT2D eigenvalue weighted by Crippen LogP contribution is -2.35. The number of hydrogen-bond acceptors (Lipinski definition) is 2. The summed E-state index contributed by atoms with van der Waals surface area (Å²) >= 11 is 0. The lowest BCUT2D eigenvalue weighted by molar-refractivity contribution is -0.137. The number of hydrogen-bond donors (Lipinski definition) is 1. The van der Waals surface area contributed by atoms with Crippen molar-refractivity contribution in [2.24, 2.45) is 5.92 Å². The van der Waals surface area contributed by atoms with Crippen LogP contribution in [0.25, 0.3) is 0 Å². The van der Waals surface area contributed by atoms with Crippen LogP contribution in [0.3, 0.4) is 0 Å². The average Bonchev–Trinajstić information content (AvgIpc) is 2.24. The van der Waals surface area contributed by atoms with E-state index in [0.717, 1.165) is 6.07 Å². The summed E-state index contributed by atoms with van der Waals surface area (Å²) < 4.78 is 39.3. The highest BCUT2D eigenvalue weighted by Gasteiger charge is 2.35. The first-order valence-corrected chi connectivity index (χ1v) is 6.36. The molecule has 0 atom stereocenters. The fourth-order valence-corrected chi connectivity index (χ4v) is 2.01. The fraction of sp³-hybridized carbons (Fsp3) is 0.571. The van der Waals surface area contributed by atoms with Gasteiger partial charge in [-0.25, -0.2) is 0 Å². The Kier molecular flexibility index (Phi) is 4.71. The van der Waals surface area contributed by atoms with Crippen molar-refractivity contribution in [3.63, 3.8) is 0 Å². The molecular formula is C14H21F3N2. The van der Waals surface area contributed by atoms with Crippen LogP contribution in [0, 0.1) is 5.92 Å². The van der Waals surface area contributed by atoms with Gasteiger partial charge in [0, 0.05) is 24.0 Å². The maximum absolute atomic E-state index is 13.1. The predicted molar refractivity (Wildman–Crippen MR) is 73.2 cm³/mol. The van der Waals surface area contributed by atoms with Gasteiger partial charge in [-0.1, -0.05) is 13.8 Å². The summed E-state index contributed by atoms with van der Waals surface area (Å²) in [4.78, 5) is 1.77. The Morgan fingerprint density at radius 3 is 2.16 bits per heavy atom. The third kappa shape index (κ3) is 4.04. The SMILES string of the molecule is CC(C)CN(c1ccc(N)cc1C(F)(F)F)C(C)C. The van der Waals surface area contributed by atoms with E-state index in [2.05, 4.69) is 0 Å². The second kappa shape index (κ2) is 5.72. The van der Waals surface area contributed by atoms with E-state index in [4.69, 9.17) is 5.73 Å². The van der Waals surface area contributed by atoms with Crippen LogP contribution in [0.2, 0.25) is 0 Å². The number of nitrogens with two attached hydrogens (primary N) is 1. The monoisotopic (exact) mass is 274 g/mol. The van der Waals surface area contributed by atoms with Crippen LogP contribution in [0.5, 0.6) is 0 Å². The van der Waals surface area contributed by atoms with Crippen LogP contribution in [0.4, 0.5) is 24.5 Å². The molecule has 0 saturated heterocycles. The number of nitrogen functional groups attached to an aromatic ring is 1. The average molecular weight is 274 g/mol. The second-order valence-electron chi connectivity index (χ2n) is 5.41. The van der Waals surface area contributed by atoms with Gasteiger partial charge < -0.3 is 10.6 Å². The largest absolute Gasteiger partial charge is 0.418 e. The topological polar surface area (TPSA) is 29.3 Å². The molecule has 0 heterocycles. The van der Waals surface area contributed by atoms with Gasteiger partial charge in [0.15, 0.2) is 0 Å². The number of nitrogens with zero attached hydrogens (tertiary/aromatic N) is 1. The fourth-order valence-electron chi connectivity index (χ4n) is 2.01. The van der Waals surface area contributed by atoms with Crippen molar-refractivity contribution in [2.45, 2.75) is 39.9 Å². The molecule has 2 nitrogen and oxygen atoms in total. The lowest BCUT2D eigenvalue weighted by atomic mass is 10.1. The third-order valence-corrected chi connectivity index (χ3v) is 2.82. The molecule has 2 N–H and O–H groups in total. The van der Waals surface area contributed by atoms with E-state index in [9.17, 15) is 13.2 Å². The number of rotatable bonds is 4. The molecule has 0 saturated carbocycles. The summed E-state index contributed by atoms with van der Waals surface area (Å²) in [6, 6.07) is 3.97. The standard InChI is InChI=1S/C14H21F3N2/c1-9(2)8-19(10(3)4)13-6-5-11(18)7-12(13)14(15,16)17/h5-7,9-10H,8,18H2,1-4H3. The molecule has 0 aliphatic rings. The molecular weight excluding hydrogens is 253 g/mol. The Morgan fingerprint density at radius 2 is 1.74 bits per heavy atom. The first kappa shape index (κ1) is 15.7. The Balaban J connectivity index is 3.30. The van der Waals surface area contributed by atoms with Crippen molar-refractivity contribution in [1.82, 2.24) is 0 Å². The molecule has 1 aromatic rings. The van der Waals surface area contributed by atoms with Crippen LogP contribution in [-0.2, 0) is 6.18 Å². The van der Waals surface area contributed by atoms with Crippen molar-refractivity contribution < 1.29 is 13.2 Å². The first-order chi connectivity index (χ1) is 8.62. The molecule has 1 aromatic carbocycles. The zero-order chi connectivity index (χ0) is 14.8. The van der Waals surface area contributed by atoms with Gasteiger partial charge in [0.05, 0.1) is 5.56 Å². The number of alkyl halides is 3. The van der Waals surface area contributed by atoms with Crippen LogP contribution < -0.4 is 10.6 Å². The zero-order valence-electron chi connectivity index (χ0n) is 11.8. The van der Waals surface area contributed by atoms with Gasteiger partial charge in [0.2, 0.25) is 0 Å². The normalized spacial score (nSPS) is 12.3. The molecule has 5 heteroatoms. The van der Waals surface area contributed by atoms with Gasteiger partial charge in [-0.15, -0.1) is 0 Å². The molecule has 0 amide bonds. The summed E-state index contributed by atoms with van der Waals surface area (Å²) in [6.07, 6.45) is -4.39. The van der Waals surface area contributed by atoms with Crippen molar-refractivity contribution in [3.05, 3.63) is 23.8 Å². The van der Waals surface area contributed by atoms with Crippen LogP contribution in [-0.4, -0.2) is 12.6 Å². The third-order valence-electron chi connectivity index (χ3n) is 2.82. The van der Waals surface area contributed by atoms with E-state index < -0.39 is 11.7 Å². The molecule has 0 bridgehead atoms. The molecule has 0 fully saturated rings. The van der Waals surface area contributed by atoms with Crippen molar-refractivity contribution in [1.29, 1.82) is 0 Å². The molecule has 19 heavy (non-hydrogen) atoms. The molecule has 108 valence electrons. The maximum atomic E-state index is 13.1. The Labute approximate surface area is 112 Å². The van der Waals surface area contributed by atoms with Gasteiger partial charge in [0.1, 0.15) is 0 Å². The minimum absolute atomic E-state index is 0.00729. The second-order valence-corrected chi connectivity index (χ2v) is 5.41. The Hall–Kier alpha value is -1.39. The summed E-state index contributed by atoms with van der Waals surface area (Å²) in [6.45, 7) is 8.32. The Bertz CT molecular complexity index is 425. The van der Waals surface area contributed by atoms with Gasteiger partial charge in [-0.05, 0) is 38.0 Å². The molecule has 0 unspecified atom stereocenters. The number of halogens is 3. The van der Waals surface area contributed by atoms with Gasteiger partial charge in [-0.3, -0.25) is 0 Å². The van der Waals surface area contributed by atoms with Crippen molar-refractivity contribution in [2.75, 3.05) is 17.2 Å². The maximum Gasteiger partial charge on any atom is 0.418 e. The van der Waals surface area contributed by atoms with E-state index in [1.54, 1.807) is 4.90 Å². The number of anilines is 2. The van der Waals surface area contributed by atoms with E-state index in [1.165, 1.54) is 12.1 Å². The summed E-state index contributed by atoms with van der Waals surface area (Å²) in [7, 11) is 0. The van der Waals surface area contributed by atoms with Gasteiger partial charge >= 0.3 is 6.18 Å². The van der Waals surface area contributed by atoms with Gasteiger partial charge in [-0.2, -0.15) is 13.2 Å². The minimum Gasteiger partial charge on any atom is -0.399 e. The zero-order valence-corrected chi connectivity index (χ0v) is 11.8. The summed E-state index contributed by atoms with van der Waals surface area (Å²) in [5.41, 5.74) is 5.15. The summed E-state index contributed by atoms with van der Waals surface area (Å²) in [5, 5.41) is 0. The molecule has 0 aromatic heterocycles. The smallest absolute Gasteiger partial charge is 0.399 e. The highest BCUT2D eigenvalue weighted by molar-refractivity contribution is 5.61. The number of benzene rings is 1. The molecule has 0 aliphatic carbocycles. The van der Waals surface area contributed by atoms with E-state index in [-0.39, 0.29) is 23.3 Å². The highest BCUT2D eigenvalue weighted by Crippen LogP contribution is 2.38. The van der Waals surface area contributed by atoms with Crippen LogP contribution in [0.15, 0.2) is 18.2 Å². The van der Waals surface area contributed by atoms with Crippen LogP contribution in [0.1, 0.15) is 33.3 Å². The van der Waals surface area contributed by atoms with E-state index in [1.807, 2.05) is 27.7 Å². The molecule has 0 aliphatic heterocycles. The van der Waals surface area contributed by atoms with Gasteiger partial charge in [0.25, 0.3) is 0 Å². The van der Waals surface area contributed by atoms with E-state index >= 15 is 0 Å². The predicted octanol–water partition coefficient (Wildman–Crippen LogP) is 4.16. The lowest BCUT2D eigenvalue weighted by Gasteiger charge is -2.33. The minimum atomic E-state index is -4.39. The Morgan fingerprint density at radius 1 is 1.16 bits per heavy atom. The van der Waals surface area contributed by atoms with Crippen molar-refractivity contribution >= 4 is 11.4 Å². The quantitative estimate of drug-likeness (QED) is 0.835.